The fourth-order valence-electron chi connectivity index (χ4n) is 5.45. The Kier molecular flexibility index (Phi) is 9.37. The molecule has 0 aliphatic carbocycles. The zero-order valence-corrected chi connectivity index (χ0v) is 22.3. The van der Waals surface area contributed by atoms with Crippen LogP contribution >= 0.6 is 12.4 Å². The molecule has 1 amide bonds. The van der Waals surface area contributed by atoms with Gasteiger partial charge in [0.25, 0.3) is 0 Å². The van der Waals surface area contributed by atoms with Crippen molar-refractivity contribution in [2.75, 3.05) is 19.6 Å². The lowest BCUT2D eigenvalue weighted by molar-refractivity contribution is -0.121. The maximum absolute atomic E-state index is 13.2. The number of amides is 1. The Morgan fingerprint density at radius 3 is 2.68 bits per heavy atom. The van der Waals surface area contributed by atoms with Gasteiger partial charge >= 0.3 is 0 Å². The molecule has 1 unspecified atom stereocenters. The molecule has 37 heavy (non-hydrogen) atoms. The summed E-state index contributed by atoms with van der Waals surface area (Å²) >= 11 is 0. The number of halogens is 1. The molecular weight excluding hydrogens is 480 g/mol. The Hall–Kier alpha value is -3.15. The molecule has 5 rings (SSSR count). The lowest BCUT2D eigenvalue weighted by Crippen LogP contribution is -2.31. The molecule has 1 saturated heterocycles. The standard InChI is InChI=1S/C31H36N4O.ClH/c1-23-7-5-10-26(19-23)27(20-30(36)33-18-14-24-12-16-32-17-13-24)28-22-35(21-25-8-3-2-4-9-25)29-11-6-15-34-31(28)29;/h2-11,15,19,22,24,27,32H,12-14,16-18,20-21H2,1H3,(H,33,36);1H. The van der Waals surface area contributed by atoms with Crippen LogP contribution in [0.25, 0.3) is 11.0 Å². The minimum atomic E-state index is -0.0572. The second-order valence-electron chi connectivity index (χ2n) is 10.1. The predicted octanol–water partition coefficient (Wildman–Crippen LogP) is 5.84. The summed E-state index contributed by atoms with van der Waals surface area (Å²) in [6, 6.07) is 23.1. The van der Waals surface area contributed by atoms with Crippen molar-refractivity contribution < 1.29 is 4.79 Å². The lowest BCUT2D eigenvalue weighted by Gasteiger charge is -2.23. The summed E-state index contributed by atoms with van der Waals surface area (Å²) in [5.41, 5.74) is 6.79. The number of aromatic nitrogens is 2. The van der Waals surface area contributed by atoms with Crippen LogP contribution in [0, 0.1) is 12.8 Å². The first-order valence-corrected chi connectivity index (χ1v) is 13.2. The van der Waals surface area contributed by atoms with Crippen LogP contribution in [-0.4, -0.2) is 35.1 Å². The smallest absolute Gasteiger partial charge is 0.220 e. The highest BCUT2D eigenvalue weighted by atomic mass is 35.5. The van der Waals surface area contributed by atoms with Gasteiger partial charge in [0, 0.05) is 43.4 Å². The number of rotatable bonds is 9. The quantitative estimate of drug-likeness (QED) is 0.293. The number of benzene rings is 2. The molecule has 0 saturated carbocycles. The molecule has 1 fully saturated rings. The normalized spacial score (nSPS) is 14.7. The maximum atomic E-state index is 13.2. The van der Waals surface area contributed by atoms with Gasteiger partial charge in [0.05, 0.1) is 11.0 Å². The van der Waals surface area contributed by atoms with E-state index in [-0.39, 0.29) is 24.2 Å². The number of fused-ring (bicyclic) bond motifs is 1. The zero-order chi connectivity index (χ0) is 24.7. The highest BCUT2D eigenvalue weighted by molar-refractivity contribution is 5.85. The molecule has 1 aliphatic heterocycles. The Bertz CT molecular complexity index is 1300. The van der Waals surface area contributed by atoms with Gasteiger partial charge in [-0.25, -0.2) is 0 Å². The molecule has 194 valence electrons. The van der Waals surface area contributed by atoms with Gasteiger partial charge in [-0.2, -0.15) is 0 Å². The zero-order valence-electron chi connectivity index (χ0n) is 21.5. The predicted molar refractivity (Wildman–Crippen MR) is 153 cm³/mol. The van der Waals surface area contributed by atoms with E-state index < -0.39 is 0 Å². The number of aryl methyl sites for hydroxylation is 1. The van der Waals surface area contributed by atoms with Crippen molar-refractivity contribution in [2.45, 2.75) is 45.1 Å². The van der Waals surface area contributed by atoms with Crippen molar-refractivity contribution >= 4 is 29.3 Å². The summed E-state index contributed by atoms with van der Waals surface area (Å²) in [5.74, 6) is 0.757. The summed E-state index contributed by atoms with van der Waals surface area (Å²) in [6.07, 6.45) is 7.94. The summed E-state index contributed by atoms with van der Waals surface area (Å²) in [4.78, 5) is 18.0. The van der Waals surface area contributed by atoms with Gasteiger partial charge in [0.1, 0.15) is 0 Å². The van der Waals surface area contributed by atoms with Crippen LogP contribution < -0.4 is 10.6 Å². The van der Waals surface area contributed by atoms with E-state index in [4.69, 9.17) is 4.98 Å². The van der Waals surface area contributed by atoms with Gasteiger partial charge in [-0.15, -0.1) is 12.4 Å². The molecule has 0 bridgehead atoms. The van der Waals surface area contributed by atoms with E-state index in [2.05, 4.69) is 82.9 Å². The van der Waals surface area contributed by atoms with Crippen LogP contribution in [0.2, 0.25) is 0 Å². The highest BCUT2D eigenvalue weighted by Gasteiger charge is 2.24. The molecule has 5 nitrogen and oxygen atoms in total. The molecule has 6 heteroatoms. The topological polar surface area (TPSA) is 59.0 Å². The third kappa shape index (κ3) is 6.79. The van der Waals surface area contributed by atoms with E-state index >= 15 is 0 Å². The fourth-order valence-corrected chi connectivity index (χ4v) is 5.45. The van der Waals surface area contributed by atoms with Crippen molar-refractivity contribution in [3.05, 3.63) is 101 Å². The van der Waals surface area contributed by atoms with Crippen molar-refractivity contribution in [3.8, 4) is 0 Å². The van der Waals surface area contributed by atoms with Gasteiger partial charge < -0.3 is 15.2 Å². The largest absolute Gasteiger partial charge is 0.356 e. The summed E-state index contributed by atoms with van der Waals surface area (Å²) in [5, 5.41) is 6.64. The molecule has 1 aliphatic rings. The van der Waals surface area contributed by atoms with Gasteiger partial charge in [0.15, 0.2) is 0 Å². The number of nitrogens with one attached hydrogen (secondary N) is 2. The molecule has 0 spiro atoms. The van der Waals surface area contributed by atoms with Crippen molar-refractivity contribution in [2.24, 2.45) is 5.92 Å². The summed E-state index contributed by atoms with van der Waals surface area (Å²) in [7, 11) is 0. The van der Waals surface area contributed by atoms with Crippen molar-refractivity contribution in [1.29, 1.82) is 0 Å². The van der Waals surface area contributed by atoms with Gasteiger partial charge in [-0.05, 0) is 68.5 Å². The molecule has 4 aromatic rings. The van der Waals surface area contributed by atoms with E-state index in [9.17, 15) is 4.79 Å². The number of pyridine rings is 1. The van der Waals surface area contributed by atoms with Crippen LogP contribution in [0.1, 0.15) is 53.9 Å². The monoisotopic (exact) mass is 516 g/mol. The van der Waals surface area contributed by atoms with E-state index in [0.29, 0.717) is 12.3 Å². The number of nitrogens with zero attached hydrogens (tertiary/aromatic N) is 2. The maximum Gasteiger partial charge on any atom is 0.220 e. The van der Waals surface area contributed by atoms with Crippen molar-refractivity contribution in [3.63, 3.8) is 0 Å². The number of carbonyl (C=O) groups excluding carboxylic acids is 1. The molecule has 0 radical (unpaired) electrons. The Balaban J connectivity index is 0.00000320. The second-order valence-corrected chi connectivity index (χ2v) is 10.1. The third-order valence-corrected chi connectivity index (χ3v) is 7.40. The molecule has 3 heterocycles. The number of hydrogen-bond acceptors (Lipinski definition) is 3. The number of hydrogen-bond donors (Lipinski definition) is 2. The SMILES string of the molecule is Cc1cccc(C(CC(=O)NCCC2CCNCC2)c2cn(Cc3ccccc3)c3cccnc23)c1.Cl. The van der Waals surface area contributed by atoms with Crippen molar-refractivity contribution in [1.82, 2.24) is 20.2 Å². The Morgan fingerprint density at radius 2 is 1.89 bits per heavy atom. The Morgan fingerprint density at radius 1 is 1.08 bits per heavy atom. The highest BCUT2D eigenvalue weighted by Crippen LogP contribution is 2.34. The second kappa shape index (κ2) is 12.9. The first-order valence-electron chi connectivity index (χ1n) is 13.2. The summed E-state index contributed by atoms with van der Waals surface area (Å²) < 4.78 is 2.27. The first kappa shape index (κ1) is 26.9. The molecule has 2 N–H and O–H groups in total. The molecule has 2 aromatic carbocycles. The van der Waals surface area contributed by atoms with Gasteiger partial charge in [-0.1, -0.05) is 60.2 Å². The lowest BCUT2D eigenvalue weighted by atomic mass is 9.88. The van der Waals surface area contributed by atoms with E-state index in [0.717, 1.165) is 54.8 Å². The molecular formula is C31H37ClN4O. The van der Waals surface area contributed by atoms with Crippen LogP contribution in [0.5, 0.6) is 0 Å². The average Bonchev–Trinajstić information content (AvgIpc) is 3.26. The van der Waals surface area contributed by atoms with Crippen LogP contribution in [0.3, 0.4) is 0 Å². The van der Waals surface area contributed by atoms with E-state index in [1.54, 1.807) is 0 Å². The minimum absolute atomic E-state index is 0. The van der Waals surface area contributed by atoms with Crippen LogP contribution in [-0.2, 0) is 11.3 Å². The number of carbonyl (C=O) groups is 1. The summed E-state index contributed by atoms with van der Waals surface area (Å²) in [6.45, 7) is 5.81. The van der Waals surface area contributed by atoms with E-state index in [1.807, 2.05) is 18.3 Å². The fraction of sp³-hybridized carbons (Fsp3) is 0.355. The van der Waals surface area contributed by atoms with Gasteiger partial charge in [-0.3, -0.25) is 9.78 Å². The number of piperidine rings is 1. The minimum Gasteiger partial charge on any atom is -0.356 e. The van der Waals surface area contributed by atoms with Gasteiger partial charge in [0.2, 0.25) is 5.91 Å². The van der Waals surface area contributed by atoms with E-state index in [1.165, 1.54) is 24.0 Å². The Labute approximate surface area is 226 Å². The third-order valence-electron chi connectivity index (χ3n) is 7.40. The molecule has 2 aromatic heterocycles. The van der Waals surface area contributed by atoms with Crippen LogP contribution in [0.15, 0.2) is 79.1 Å². The van der Waals surface area contributed by atoms with Crippen LogP contribution in [0.4, 0.5) is 0 Å². The first-order chi connectivity index (χ1) is 17.7. The average molecular weight is 517 g/mol. The molecule has 1 atom stereocenters.